The number of para-hydroxylation sites is 1. The molecule has 3 rings (SSSR count). The maximum Gasteiger partial charge on any atom is 0.264 e. The Bertz CT molecular complexity index is 1250. The van der Waals surface area contributed by atoms with Crippen molar-refractivity contribution in [2.75, 3.05) is 12.8 Å². The maximum absolute atomic E-state index is 12.7. The van der Waals surface area contributed by atoms with Gasteiger partial charge in [0.2, 0.25) is 0 Å². The van der Waals surface area contributed by atoms with Crippen LogP contribution < -0.4 is 10.9 Å². The highest BCUT2D eigenvalue weighted by atomic mass is 32.2. The predicted octanol–water partition coefficient (Wildman–Crippen LogP) is 1.49. The zero-order valence-electron chi connectivity index (χ0n) is 16.0. The first-order chi connectivity index (χ1) is 13.1. The fourth-order valence-electron chi connectivity index (χ4n) is 3.05. The van der Waals surface area contributed by atoms with E-state index in [-0.39, 0.29) is 17.7 Å². The zero-order valence-corrected chi connectivity index (χ0v) is 16.8. The molecule has 0 bridgehead atoms. The number of benzene rings is 1. The minimum Gasteiger partial charge on any atom is -0.349 e. The van der Waals surface area contributed by atoms with Gasteiger partial charge >= 0.3 is 0 Å². The van der Waals surface area contributed by atoms with Gasteiger partial charge in [-0.1, -0.05) is 18.2 Å². The van der Waals surface area contributed by atoms with Crippen molar-refractivity contribution >= 4 is 37.8 Å². The molecule has 3 aromatic rings. The van der Waals surface area contributed by atoms with Gasteiger partial charge in [-0.25, -0.2) is 4.98 Å². The molecule has 0 saturated carbocycles. The van der Waals surface area contributed by atoms with Gasteiger partial charge in [0.25, 0.3) is 21.6 Å². The number of nitrogens with zero attached hydrogens (tertiary/aromatic N) is 2. The van der Waals surface area contributed by atoms with E-state index in [4.69, 9.17) is 4.18 Å². The largest absolute Gasteiger partial charge is 0.349 e. The van der Waals surface area contributed by atoms with Crippen molar-refractivity contribution in [2.24, 2.45) is 7.05 Å². The lowest BCUT2D eigenvalue weighted by atomic mass is 10.1. The first kappa shape index (κ1) is 20.0. The van der Waals surface area contributed by atoms with Crippen molar-refractivity contribution in [1.29, 1.82) is 0 Å². The number of nitrogens with one attached hydrogen (secondary N) is 1. The van der Waals surface area contributed by atoms with Crippen LogP contribution in [0.5, 0.6) is 0 Å². The average molecular weight is 403 g/mol. The van der Waals surface area contributed by atoms with Gasteiger partial charge < -0.3 is 9.88 Å². The van der Waals surface area contributed by atoms with Gasteiger partial charge in [-0.05, 0) is 25.5 Å². The summed E-state index contributed by atoms with van der Waals surface area (Å²) in [5.74, 6) is -0.468. The minimum absolute atomic E-state index is 0.0111. The third-order valence-electron chi connectivity index (χ3n) is 4.31. The summed E-state index contributed by atoms with van der Waals surface area (Å²) in [5.41, 5.74) is 1.93. The van der Waals surface area contributed by atoms with Crippen molar-refractivity contribution in [3.63, 3.8) is 0 Å². The summed E-state index contributed by atoms with van der Waals surface area (Å²) in [6.07, 6.45) is 1.65. The zero-order chi connectivity index (χ0) is 20.6. The fourth-order valence-corrected chi connectivity index (χ4v) is 3.71. The monoisotopic (exact) mass is 403 g/mol. The molecule has 0 saturated heterocycles. The molecule has 1 aromatic carbocycles. The van der Waals surface area contributed by atoms with Crippen molar-refractivity contribution in [1.82, 2.24) is 14.9 Å². The van der Waals surface area contributed by atoms with E-state index in [0.717, 1.165) is 17.2 Å². The van der Waals surface area contributed by atoms with Crippen LogP contribution in [0.3, 0.4) is 0 Å². The quantitative estimate of drug-likeness (QED) is 0.511. The molecule has 8 nitrogen and oxygen atoms in total. The number of aromatic nitrogens is 2. The maximum atomic E-state index is 12.7. The Labute approximate surface area is 162 Å². The molecule has 0 aliphatic heterocycles. The van der Waals surface area contributed by atoms with Gasteiger partial charge in [-0.15, -0.1) is 0 Å². The summed E-state index contributed by atoms with van der Waals surface area (Å²) in [7, 11) is -2.06. The van der Waals surface area contributed by atoms with Gasteiger partial charge in [0.1, 0.15) is 0 Å². The Kier molecular flexibility index (Phi) is 5.22. The normalized spacial score (nSPS) is 13.0. The smallest absolute Gasteiger partial charge is 0.264 e. The Hall–Kier alpha value is -2.78. The fraction of sp³-hybridized carbons (Fsp3) is 0.316. The molecule has 2 heterocycles. The van der Waals surface area contributed by atoms with Crippen LogP contribution in [-0.2, 0) is 21.3 Å². The summed E-state index contributed by atoms with van der Waals surface area (Å²) in [5, 5.41) is 3.80. The van der Waals surface area contributed by atoms with Crippen molar-refractivity contribution < 1.29 is 17.4 Å². The van der Waals surface area contributed by atoms with E-state index in [2.05, 4.69) is 10.3 Å². The standard InChI is InChI=1S/C19H21N3O5S/c1-11-6-5-7-13-8-14-17(21-16(11)13)15(10-22(3)19(14)24)18(23)20-9-12(2)27-28(4,25)26/h5-8,10,12H,9H2,1-4H3,(H,20,23). The van der Waals surface area contributed by atoms with Crippen LogP contribution in [0.4, 0.5) is 0 Å². The van der Waals surface area contributed by atoms with E-state index in [1.165, 1.54) is 17.7 Å². The van der Waals surface area contributed by atoms with E-state index in [1.807, 2.05) is 25.1 Å². The summed E-state index contributed by atoms with van der Waals surface area (Å²) < 4.78 is 28.5. The van der Waals surface area contributed by atoms with Crippen LogP contribution >= 0.6 is 0 Å². The highest BCUT2D eigenvalue weighted by molar-refractivity contribution is 7.86. The van der Waals surface area contributed by atoms with Crippen LogP contribution in [0.25, 0.3) is 21.8 Å². The molecule has 0 radical (unpaired) electrons. The summed E-state index contributed by atoms with van der Waals surface area (Å²) in [4.78, 5) is 29.9. The number of fused-ring (bicyclic) bond motifs is 2. The Morgan fingerprint density at radius 2 is 2.04 bits per heavy atom. The molecule has 9 heteroatoms. The number of hydrogen-bond acceptors (Lipinski definition) is 6. The Morgan fingerprint density at radius 3 is 2.71 bits per heavy atom. The molecule has 1 amide bonds. The molecule has 0 aliphatic carbocycles. The lowest BCUT2D eigenvalue weighted by molar-refractivity contribution is 0.0934. The predicted molar refractivity (Wildman–Crippen MR) is 107 cm³/mol. The highest BCUT2D eigenvalue weighted by Crippen LogP contribution is 2.22. The molecule has 0 spiro atoms. The topological polar surface area (TPSA) is 107 Å². The molecule has 28 heavy (non-hydrogen) atoms. The first-order valence-electron chi connectivity index (χ1n) is 8.63. The third-order valence-corrected chi connectivity index (χ3v) is 4.99. The van der Waals surface area contributed by atoms with Crippen LogP contribution in [0.2, 0.25) is 0 Å². The molecule has 0 aliphatic rings. The average Bonchev–Trinajstić information content (AvgIpc) is 2.60. The second-order valence-corrected chi connectivity index (χ2v) is 8.41. The molecular formula is C19H21N3O5S. The van der Waals surface area contributed by atoms with Crippen LogP contribution in [0.1, 0.15) is 22.8 Å². The van der Waals surface area contributed by atoms with Crippen molar-refractivity contribution in [3.05, 3.63) is 51.9 Å². The molecule has 1 atom stereocenters. The number of carbonyl (C=O) groups excluding carboxylic acids is 1. The number of amides is 1. The van der Waals surface area contributed by atoms with Gasteiger partial charge in [0.15, 0.2) is 0 Å². The van der Waals surface area contributed by atoms with E-state index < -0.39 is 22.1 Å². The minimum atomic E-state index is -3.62. The molecular weight excluding hydrogens is 382 g/mol. The van der Waals surface area contributed by atoms with Crippen molar-refractivity contribution in [2.45, 2.75) is 20.0 Å². The second-order valence-electron chi connectivity index (χ2n) is 6.81. The van der Waals surface area contributed by atoms with E-state index in [9.17, 15) is 18.0 Å². The van der Waals surface area contributed by atoms with E-state index in [1.54, 1.807) is 13.1 Å². The number of rotatable bonds is 5. The van der Waals surface area contributed by atoms with E-state index >= 15 is 0 Å². The van der Waals surface area contributed by atoms with Gasteiger partial charge in [-0.2, -0.15) is 8.42 Å². The van der Waals surface area contributed by atoms with Crippen LogP contribution in [-0.4, -0.2) is 42.8 Å². The number of carbonyl (C=O) groups is 1. The molecule has 148 valence electrons. The number of pyridine rings is 2. The molecule has 1 unspecified atom stereocenters. The summed E-state index contributed by atoms with van der Waals surface area (Å²) in [6, 6.07) is 7.39. The van der Waals surface area contributed by atoms with Crippen molar-refractivity contribution in [3.8, 4) is 0 Å². The Morgan fingerprint density at radius 1 is 1.32 bits per heavy atom. The third kappa shape index (κ3) is 4.05. The van der Waals surface area contributed by atoms with Gasteiger partial charge in [-0.3, -0.25) is 13.8 Å². The van der Waals surface area contributed by atoms with Gasteiger partial charge in [0, 0.05) is 25.2 Å². The molecule has 0 fully saturated rings. The lowest BCUT2D eigenvalue weighted by Crippen LogP contribution is -2.34. The summed E-state index contributed by atoms with van der Waals surface area (Å²) in [6.45, 7) is 3.43. The van der Waals surface area contributed by atoms with Crippen LogP contribution in [0, 0.1) is 6.92 Å². The lowest BCUT2D eigenvalue weighted by Gasteiger charge is -2.14. The first-order valence-corrected chi connectivity index (χ1v) is 10.4. The van der Waals surface area contributed by atoms with E-state index in [0.29, 0.717) is 16.4 Å². The highest BCUT2D eigenvalue weighted by Gasteiger charge is 2.18. The molecule has 1 N–H and O–H groups in total. The SMILES string of the molecule is Cc1cccc2cc3c(=O)n(C)cc(C(=O)NCC(C)OS(C)(=O)=O)c3nc12. The second kappa shape index (κ2) is 7.33. The number of aryl methyl sites for hydroxylation is 2. The van der Waals surface area contributed by atoms with Crippen LogP contribution in [0.15, 0.2) is 35.3 Å². The van der Waals surface area contributed by atoms with Gasteiger partial charge in [0.05, 0.1) is 34.3 Å². The molecule has 2 aromatic heterocycles. The Balaban J connectivity index is 2.05. The number of hydrogen-bond donors (Lipinski definition) is 1. The summed E-state index contributed by atoms with van der Waals surface area (Å²) >= 11 is 0.